The lowest BCUT2D eigenvalue weighted by atomic mass is 9.93. The molecule has 0 aliphatic heterocycles. The first-order valence-corrected chi connectivity index (χ1v) is 13.1. The number of pyridine rings is 1. The van der Waals surface area contributed by atoms with Crippen molar-refractivity contribution in [2.24, 2.45) is 0 Å². The van der Waals surface area contributed by atoms with E-state index in [1.807, 2.05) is 18.2 Å². The second-order valence-electron chi connectivity index (χ2n) is 9.49. The van der Waals surface area contributed by atoms with Crippen LogP contribution in [0.5, 0.6) is 0 Å². The van der Waals surface area contributed by atoms with Crippen LogP contribution in [-0.4, -0.2) is 14.8 Å². The minimum absolute atomic E-state index is 0.936. The van der Waals surface area contributed by atoms with E-state index in [4.69, 9.17) is 10.1 Å². The molecule has 0 unspecified atom stereocenters. The molecule has 2 aromatic heterocycles. The van der Waals surface area contributed by atoms with E-state index in [1.165, 1.54) is 0 Å². The third kappa shape index (κ3) is 4.20. The van der Waals surface area contributed by atoms with E-state index in [0.717, 1.165) is 61.5 Å². The predicted molar refractivity (Wildman–Crippen MR) is 161 cm³/mol. The van der Waals surface area contributed by atoms with Crippen LogP contribution in [0, 0.1) is 0 Å². The zero-order valence-corrected chi connectivity index (χ0v) is 21.3. The van der Waals surface area contributed by atoms with Gasteiger partial charge in [-0.05, 0) is 29.8 Å². The van der Waals surface area contributed by atoms with Crippen LogP contribution in [0.25, 0.3) is 61.5 Å². The van der Waals surface area contributed by atoms with Gasteiger partial charge in [0.2, 0.25) is 0 Å². The number of fused-ring (bicyclic) bond motifs is 1. The highest BCUT2D eigenvalue weighted by atomic mass is 15.3. The van der Waals surface area contributed by atoms with Crippen LogP contribution in [0.15, 0.2) is 152 Å². The topological polar surface area (TPSA) is 30.7 Å². The highest BCUT2D eigenvalue weighted by Crippen LogP contribution is 2.44. The molecular formula is C36H25N3. The fourth-order valence-electron chi connectivity index (χ4n) is 5.23. The van der Waals surface area contributed by atoms with Gasteiger partial charge in [-0.25, -0.2) is 9.67 Å². The molecule has 7 aromatic rings. The molecule has 184 valence electrons. The number of hydrogen-bond acceptors (Lipinski definition) is 2. The summed E-state index contributed by atoms with van der Waals surface area (Å²) >= 11 is 0. The summed E-state index contributed by atoms with van der Waals surface area (Å²) in [5, 5.41) is 6.40. The van der Waals surface area contributed by atoms with Crippen LogP contribution >= 0.6 is 0 Å². The Morgan fingerprint density at radius 1 is 0.487 bits per heavy atom. The van der Waals surface area contributed by atoms with Crippen molar-refractivity contribution >= 4 is 10.9 Å². The van der Waals surface area contributed by atoms with Gasteiger partial charge in [0, 0.05) is 27.6 Å². The number of aromatic nitrogens is 3. The first-order chi connectivity index (χ1) is 19.4. The summed E-state index contributed by atoms with van der Waals surface area (Å²) in [6.07, 6.45) is 0. The van der Waals surface area contributed by atoms with Gasteiger partial charge >= 0.3 is 0 Å². The van der Waals surface area contributed by atoms with Crippen molar-refractivity contribution in [1.82, 2.24) is 14.8 Å². The average molecular weight is 500 g/mol. The van der Waals surface area contributed by atoms with Crippen molar-refractivity contribution in [1.29, 1.82) is 0 Å². The lowest BCUT2D eigenvalue weighted by Crippen LogP contribution is -2.01. The molecular weight excluding hydrogens is 474 g/mol. The molecule has 0 amide bonds. The fraction of sp³-hybridized carbons (Fsp3) is 0. The van der Waals surface area contributed by atoms with E-state index in [0.29, 0.717) is 0 Å². The predicted octanol–water partition coefficient (Wildman–Crippen LogP) is 9.09. The maximum absolute atomic E-state index is 5.31. The fourth-order valence-corrected chi connectivity index (χ4v) is 5.23. The Balaban J connectivity index is 1.64. The van der Waals surface area contributed by atoms with Crippen LogP contribution < -0.4 is 0 Å². The normalized spacial score (nSPS) is 11.1. The number of nitrogens with zero attached hydrogens (tertiary/aromatic N) is 3. The second-order valence-corrected chi connectivity index (χ2v) is 9.49. The Labute approximate surface area is 227 Å². The summed E-state index contributed by atoms with van der Waals surface area (Å²) in [5.74, 6) is 0. The zero-order chi connectivity index (χ0) is 26.0. The van der Waals surface area contributed by atoms with Gasteiger partial charge < -0.3 is 0 Å². The summed E-state index contributed by atoms with van der Waals surface area (Å²) in [6, 6.07) is 52.4. The number of benzene rings is 5. The molecule has 3 nitrogen and oxygen atoms in total. The van der Waals surface area contributed by atoms with Crippen molar-refractivity contribution in [3.8, 4) is 50.6 Å². The minimum Gasteiger partial charge on any atom is -0.248 e. The maximum atomic E-state index is 5.31. The summed E-state index contributed by atoms with van der Waals surface area (Å²) in [5.41, 5.74) is 10.4. The van der Waals surface area contributed by atoms with Crippen molar-refractivity contribution in [3.63, 3.8) is 0 Å². The largest absolute Gasteiger partial charge is 0.248 e. The summed E-state index contributed by atoms with van der Waals surface area (Å²) < 4.78 is 2.10. The molecule has 0 radical (unpaired) electrons. The first-order valence-electron chi connectivity index (χ1n) is 13.1. The standard InChI is InChI=1S/C36H25N3/c1-5-15-26(16-6-1)33-25-31(30-23-13-14-24-32(30)37-33)36-34(27-17-7-2-8-18-27)35(28-19-9-3-10-20-28)38-39(36)29-21-11-4-12-22-29/h1-25H. The molecule has 2 heterocycles. The molecule has 0 atom stereocenters. The third-order valence-corrected chi connectivity index (χ3v) is 7.04. The van der Waals surface area contributed by atoms with Gasteiger partial charge in [0.05, 0.1) is 22.6 Å². The number of para-hydroxylation sites is 2. The van der Waals surface area contributed by atoms with Crippen molar-refractivity contribution in [2.45, 2.75) is 0 Å². The lowest BCUT2D eigenvalue weighted by Gasteiger charge is -2.15. The summed E-state index contributed by atoms with van der Waals surface area (Å²) in [7, 11) is 0. The Hall–Kier alpha value is -5.28. The van der Waals surface area contributed by atoms with Gasteiger partial charge in [-0.15, -0.1) is 0 Å². The Bertz CT molecular complexity index is 1870. The Morgan fingerprint density at radius 3 is 1.69 bits per heavy atom. The minimum atomic E-state index is 0.936. The third-order valence-electron chi connectivity index (χ3n) is 7.04. The summed E-state index contributed by atoms with van der Waals surface area (Å²) in [4.78, 5) is 5.07. The molecule has 5 aromatic carbocycles. The molecule has 0 bridgehead atoms. The first kappa shape index (κ1) is 22.9. The van der Waals surface area contributed by atoms with Crippen molar-refractivity contribution in [2.75, 3.05) is 0 Å². The molecule has 0 aliphatic rings. The SMILES string of the molecule is c1ccc(-c2cc(-c3c(-c4ccccc4)c(-c4ccccc4)nn3-c3ccccc3)c3ccccc3n2)cc1. The highest BCUT2D eigenvalue weighted by Gasteiger charge is 2.25. The van der Waals surface area contributed by atoms with Gasteiger partial charge in [-0.3, -0.25) is 0 Å². The summed E-state index contributed by atoms with van der Waals surface area (Å²) in [6.45, 7) is 0. The van der Waals surface area contributed by atoms with E-state index in [-0.39, 0.29) is 0 Å². The van der Waals surface area contributed by atoms with Gasteiger partial charge in [-0.1, -0.05) is 127 Å². The van der Waals surface area contributed by atoms with E-state index >= 15 is 0 Å². The van der Waals surface area contributed by atoms with Gasteiger partial charge in [-0.2, -0.15) is 5.10 Å². The molecule has 0 saturated heterocycles. The molecule has 0 fully saturated rings. The van der Waals surface area contributed by atoms with Crippen LogP contribution in [-0.2, 0) is 0 Å². The van der Waals surface area contributed by atoms with Crippen LogP contribution in [0.1, 0.15) is 0 Å². The Kier molecular flexibility index (Phi) is 5.80. The van der Waals surface area contributed by atoms with E-state index in [9.17, 15) is 0 Å². The quantitative estimate of drug-likeness (QED) is 0.236. The molecule has 0 aliphatic carbocycles. The van der Waals surface area contributed by atoms with Crippen molar-refractivity contribution in [3.05, 3.63) is 152 Å². The highest BCUT2D eigenvalue weighted by molar-refractivity contribution is 6.02. The van der Waals surface area contributed by atoms with E-state index in [1.54, 1.807) is 0 Å². The molecule has 39 heavy (non-hydrogen) atoms. The molecule has 7 rings (SSSR count). The van der Waals surface area contributed by atoms with Crippen LogP contribution in [0.4, 0.5) is 0 Å². The van der Waals surface area contributed by atoms with Crippen molar-refractivity contribution < 1.29 is 0 Å². The molecule has 0 N–H and O–H groups in total. The van der Waals surface area contributed by atoms with Crippen LogP contribution in [0.3, 0.4) is 0 Å². The van der Waals surface area contributed by atoms with Crippen LogP contribution in [0.2, 0.25) is 0 Å². The lowest BCUT2D eigenvalue weighted by molar-refractivity contribution is 0.892. The van der Waals surface area contributed by atoms with E-state index in [2.05, 4.69) is 138 Å². The zero-order valence-electron chi connectivity index (χ0n) is 21.3. The Morgan fingerprint density at radius 2 is 1.03 bits per heavy atom. The number of rotatable bonds is 5. The molecule has 0 saturated carbocycles. The van der Waals surface area contributed by atoms with Gasteiger partial charge in [0.1, 0.15) is 5.69 Å². The average Bonchev–Trinajstić information content (AvgIpc) is 3.43. The number of hydrogen-bond donors (Lipinski definition) is 0. The second kappa shape index (κ2) is 9.88. The van der Waals surface area contributed by atoms with Gasteiger partial charge in [0.25, 0.3) is 0 Å². The molecule has 3 heteroatoms. The smallest absolute Gasteiger partial charge is 0.101 e. The van der Waals surface area contributed by atoms with Gasteiger partial charge in [0.15, 0.2) is 0 Å². The maximum Gasteiger partial charge on any atom is 0.101 e. The molecule has 0 spiro atoms. The monoisotopic (exact) mass is 499 g/mol. The van der Waals surface area contributed by atoms with E-state index < -0.39 is 0 Å².